The maximum absolute atomic E-state index is 13.1. The van der Waals surface area contributed by atoms with E-state index in [1.807, 2.05) is 13.0 Å². The van der Waals surface area contributed by atoms with E-state index in [-0.39, 0.29) is 15.7 Å². The Balaban J connectivity index is 2.01. The molecule has 6 nitrogen and oxygen atoms in total. The molecule has 1 amide bonds. The van der Waals surface area contributed by atoms with E-state index in [0.29, 0.717) is 24.3 Å². The van der Waals surface area contributed by atoms with Crippen molar-refractivity contribution in [3.05, 3.63) is 45.2 Å². The van der Waals surface area contributed by atoms with Crippen molar-refractivity contribution in [2.45, 2.75) is 43.4 Å². The average molecular weight is 416 g/mol. The van der Waals surface area contributed by atoms with Gasteiger partial charge < -0.3 is 0 Å². The van der Waals surface area contributed by atoms with E-state index >= 15 is 0 Å². The highest BCUT2D eigenvalue weighted by molar-refractivity contribution is 7.90. The van der Waals surface area contributed by atoms with Crippen molar-refractivity contribution in [2.75, 3.05) is 0 Å². The second-order valence-corrected chi connectivity index (χ2v) is 8.85. The summed E-state index contributed by atoms with van der Waals surface area (Å²) in [6.45, 7) is 3.40. The van der Waals surface area contributed by atoms with Gasteiger partial charge in [-0.15, -0.1) is 0 Å². The highest BCUT2D eigenvalue weighted by Crippen LogP contribution is 2.44. The maximum Gasteiger partial charge on any atom is 0.269 e. The van der Waals surface area contributed by atoms with Crippen LogP contribution in [0.2, 0.25) is 10.2 Å². The lowest BCUT2D eigenvalue weighted by atomic mass is 9.79. The maximum atomic E-state index is 13.1. The van der Waals surface area contributed by atoms with Crippen molar-refractivity contribution in [1.29, 1.82) is 0 Å². The molecule has 140 valence electrons. The normalized spacial score (nSPS) is 19.4. The first kappa shape index (κ1) is 19.2. The summed E-state index contributed by atoms with van der Waals surface area (Å²) < 4.78 is 29.1. The van der Waals surface area contributed by atoms with Gasteiger partial charge in [0, 0.05) is 12.1 Å². The van der Waals surface area contributed by atoms with E-state index in [9.17, 15) is 13.2 Å². The fourth-order valence-corrected chi connectivity index (χ4v) is 5.76. The first-order valence-electron chi connectivity index (χ1n) is 8.18. The van der Waals surface area contributed by atoms with Gasteiger partial charge in [0.25, 0.3) is 10.0 Å². The number of carbonyl (C=O) groups is 1. The fraction of sp³-hybridized carbons (Fsp3) is 0.412. The average Bonchev–Trinajstić information content (AvgIpc) is 3.06. The minimum Gasteiger partial charge on any atom is -0.273 e. The monoisotopic (exact) mass is 415 g/mol. The highest BCUT2D eigenvalue weighted by atomic mass is 35.5. The zero-order valence-electron chi connectivity index (χ0n) is 14.6. The molecular weight excluding hydrogens is 397 g/mol. The number of hydrogen-bond donors (Lipinski definition) is 1. The molecule has 0 bridgehead atoms. The van der Waals surface area contributed by atoms with E-state index in [0.717, 1.165) is 11.1 Å². The summed E-state index contributed by atoms with van der Waals surface area (Å²) in [5.41, 5.74) is 0.988. The minimum atomic E-state index is -4.15. The summed E-state index contributed by atoms with van der Waals surface area (Å²) in [4.78, 5) is 12.9. The Morgan fingerprint density at radius 1 is 1.38 bits per heavy atom. The summed E-state index contributed by atoms with van der Waals surface area (Å²) in [5, 5.41) is 4.56. The zero-order valence-corrected chi connectivity index (χ0v) is 17.0. The van der Waals surface area contributed by atoms with Crippen molar-refractivity contribution < 1.29 is 13.2 Å². The summed E-state index contributed by atoms with van der Waals surface area (Å²) in [7, 11) is -2.61. The second kappa shape index (κ2) is 6.55. The van der Waals surface area contributed by atoms with Gasteiger partial charge in [-0.3, -0.25) is 9.48 Å². The molecule has 0 radical (unpaired) electrons. The third kappa shape index (κ3) is 2.82. The molecule has 1 heterocycles. The highest BCUT2D eigenvalue weighted by Gasteiger charge is 2.46. The number of aromatic nitrogens is 2. The van der Waals surface area contributed by atoms with Gasteiger partial charge in [0.15, 0.2) is 0 Å². The van der Waals surface area contributed by atoms with Gasteiger partial charge in [0.05, 0.1) is 11.1 Å². The predicted octanol–water partition coefficient (Wildman–Crippen LogP) is 3.13. The number of aryl methyl sites for hydroxylation is 2. The number of amides is 1. The van der Waals surface area contributed by atoms with Crippen molar-refractivity contribution in [1.82, 2.24) is 14.5 Å². The van der Waals surface area contributed by atoms with Gasteiger partial charge >= 0.3 is 0 Å². The third-order valence-corrected chi connectivity index (χ3v) is 7.45. The minimum absolute atomic E-state index is 0.0387. The Kier molecular flexibility index (Phi) is 4.83. The number of benzene rings is 1. The number of nitrogens with one attached hydrogen (secondary N) is 1. The fourth-order valence-electron chi connectivity index (χ4n) is 3.68. The summed E-state index contributed by atoms with van der Waals surface area (Å²) in [6, 6.07) is 5.40. The molecule has 3 rings (SSSR count). The summed E-state index contributed by atoms with van der Waals surface area (Å²) in [6.07, 6.45) is 1.59. The van der Waals surface area contributed by atoms with Crippen LogP contribution in [0.15, 0.2) is 23.1 Å². The molecule has 1 unspecified atom stereocenters. The van der Waals surface area contributed by atoms with Crippen LogP contribution in [0.3, 0.4) is 0 Å². The lowest BCUT2D eigenvalue weighted by Crippen LogP contribution is -2.45. The van der Waals surface area contributed by atoms with Crippen molar-refractivity contribution >= 4 is 39.1 Å². The molecule has 0 saturated carbocycles. The molecule has 2 aromatic rings. The lowest BCUT2D eigenvalue weighted by Gasteiger charge is -2.27. The van der Waals surface area contributed by atoms with E-state index < -0.39 is 21.3 Å². The first-order chi connectivity index (χ1) is 12.1. The molecule has 0 fully saturated rings. The zero-order chi connectivity index (χ0) is 19.3. The van der Waals surface area contributed by atoms with Crippen LogP contribution in [0, 0.1) is 6.92 Å². The van der Waals surface area contributed by atoms with Gasteiger partial charge in [-0.05, 0) is 43.4 Å². The number of rotatable bonds is 4. The number of hydrogen-bond acceptors (Lipinski definition) is 4. The molecule has 1 N–H and O–H groups in total. The molecule has 0 aliphatic heterocycles. The molecule has 1 atom stereocenters. The van der Waals surface area contributed by atoms with Crippen molar-refractivity contribution in [3.63, 3.8) is 0 Å². The Bertz CT molecular complexity index is 1000. The number of sulfonamides is 1. The molecule has 1 aromatic heterocycles. The molecule has 1 aliphatic rings. The predicted molar refractivity (Wildman–Crippen MR) is 100 cm³/mol. The number of halogens is 2. The largest absolute Gasteiger partial charge is 0.273 e. The number of fused-ring (bicyclic) bond motifs is 1. The smallest absolute Gasteiger partial charge is 0.269 e. The van der Waals surface area contributed by atoms with Crippen LogP contribution in [0.1, 0.15) is 36.6 Å². The molecular formula is C17H19Cl2N3O3S. The molecule has 0 spiro atoms. The first-order valence-corrected chi connectivity index (χ1v) is 10.4. The topological polar surface area (TPSA) is 81.1 Å². The second-order valence-electron chi connectivity index (χ2n) is 6.47. The number of nitrogens with zero attached hydrogens (tertiary/aromatic N) is 2. The Morgan fingerprint density at radius 3 is 2.65 bits per heavy atom. The van der Waals surface area contributed by atoms with E-state index in [1.54, 1.807) is 19.2 Å². The van der Waals surface area contributed by atoms with Crippen LogP contribution in [0.25, 0.3) is 0 Å². The molecule has 9 heteroatoms. The van der Waals surface area contributed by atoms with Gasteiger partial charge in [-0.25, -0.2) is 13.1 Å². The Labute approximate surface area is 162 Å². The lowest BCUT2D eigenvalue weighted by molar-refractivity contribution is -0.125. The van der Waals surface area contributed by atoms with Gasteiger partial charge in [0.2, 0.25) is 5.91 Å². The van der Waals surface area contributed by atoms with Crippen LogP contribution in [-0.4, -0.2) is 24.1 Å². The van der Waals surface area contributed by atoms with E-state index in [1.165, 1.54) is 11.6 Å². The van der Waals surface area contributed by atoms with Crippen LogP contribution < -0.4 is 4.72 Å². The SMILES string of the molecule is CCC1(C(=O)NS(=O)(=O)c2c(C)nn(C)c2Cl)CCc2c(Cl)cccc21. The van der Waals surface area contributed by atoms with E-state index in [4.69, 9.17) is 23.2 Å². The van der Waals surface area contributed by atoms with Gasteiger partial charge in [-0.1, -0.05) is 42.3 Å². The molecule has 1 aliphatic carbocycles. The Hall–Kier alpha value is -1.57. The van der Waals surface area contributed by atoms with Gasteiger partial charge in [0.1, 0.15) is 10.0 Å². The van der Waals surface area contributed by atoms with Crippen LogP contribution in [0.5, 0.6) is 0 Å². The Morgan fingerprint density at radius 2 is 2.08 bits per heavy atom. The van der Waals surface area contributed by atoms with Crippen LogP contribution in [0.4, 0.5) is 0 Å². The molecule has 1 aromatic carbocycles. The van der Waals surface area contributed by atoms with Crippen molar-refractivity contribution in [3.8, 4) is 0 Å². The standard InChI is InChI=1S/C17H19Cl2N3O3S/c1-4-17(9-8-11-12(17)6-5-7-13(11)18)16(23)21-26(24,25)14-10(2)20-22(3)15(14)19/h5-7H,4,8-9H2,1-3H3,(H,21,23). The van der Waals surface area contributed by atoms with Gasteiger partial charge in [-0.2, -0.15) is 5.10 Å². The van der Waals surface area contributed by atoms with Crippen LogP contribution >= 0.6 is 23.2 Å². The quantitative estimate of drug-likeness (QED) is 0.831. The third-order valence-electron chi connectivity index (χ3n) is 5.07. The molecule has 26 heavy (non-hydrogen) atoms. The van der Waals surface area contributed by atoms with Crippen molar-refractivity contribution in [2.24, 2.45) is 7.05 Å². The molecule has 0 saturated heterocycles. The number of carbonyl (C=O) groups excluding carboxylic acids is 1. The van der Waals surface area contributed by atoms with E-state index in [2.05, 4.69) is 9.82 Å². The summed E-state index contributed by atoms with van der Waals surface area (Å²) >= 11 is 12.3. The van der Waals surface area contributed by atoms with Crippen LogP contribution in [-0.2, 0) is 33.7 Å². The summed E-state index contributed by atoms with van der Waals surface area (Å²) in [5.74, 6) is -0.569.